The Labute approximate surface area is 148 Å². The average molecular weight is 358 g/mol. The van der Waals surface area contributed by atoms with E-state index in [9.17, 15) is 20.0 Å². The molecule has 0 fully saturated rings. The Morgan fingerprint density at radius 1 is 1.28 bits per heavy atom. The number of phenols is 1. The molecule has 0 atom stereocenters. The minimum Gasteiger partial charge on any atom is -0.502 e. The lowest BCUT2D eigenvalue weighted by Crippen LogP contribution is -2.32. The summed E-state index contributed by atoms with van der Waals surface area (Å²) in [5, 5.41) is 26.1. The number of nitro benzene ring substituents is 1. The van der Waals surface area contributed by atoms with Crippen LogP contribution in [0.1, 0.15) is 12.5 Å². The Bertz CT molecular complexity index is 850. The molecule has 0 heterocycles. The highest BCUT2D eigenvalue weighted by Gasteiger charge is 2.14. The molecule has 0 radical (unpaired) electrons. The standard InChI is InChI=1S/C16H14N4O4S/c1-10(21)18-16(25)19-13-7-5-12(6-8-13)17-9-11-3-2-4-14(15(11)22)20(23)24/h2-9,22H,1H3,(H2,18,19,21,25). The van der Waals surface area contributed by atoms with Gasteiger partial charge < -0.3 is 15.7 Å². The maximum atomic E-state index is 10.9. The Morgan fingerprint density at radius 3 is 2.56 bits per heavy atom. The molecule has 0 aliphatic heterocycles. The zero-order valence-electron chi connectivity index (χ0n) is 13.1. The van der Waals surface area contributed by atoms with E-state index in [0.717, 1.165) is 0 Å². The van der Waals surface area contributed by atoms with Crippen LogP contribution in [0.4, 0.5) is 17.1 Å². The van der Waals surface area contributed by atoms with Crippen molar-refractivity contribution in [3.8, 4) is 5.75 Å². The third-order valence-corrected chi connectivity index (χ3v) is 3.21. The average Bonchev–Trinajstić information content (AvgIpc) is 2.54. The first-order chi connectivity index (χ1) is 11.9. The summed E-state index contributed by atoms with van der Waals surface area (Å²) in [5.41, 5.74) is 1.09. The lowest BCUT2D eigenvalue weighted by atomic mass is 10.2. The summed E-state index contributed by atoms with van der Waals surface area (Å²) in [6, 6.07) is 11.0. The molecular formula is C16H14N4O4S. The van der Waals surface area contributed by atoms with E-state index < -0.39 is 10.7 Å². The van der Waals surface area contributed by atoms with Gasteiger partial charge in [0.1, 0.15) is 0 Å². The molecule has 0 unspecified atom stereocenters. The molecule has 0 aromatic heterocycles. The number of phenolic OH excluding ortho intramolecular Hbond substituents is 1. The monoisotopic (exact) mass is 358 g/mol. The second-order valence-electron chi connectivity index (χ2n) is 4.91. The highest BCUT2D eigenvalue weighted by molar-refractivity contribution is 7.80. The van der Waals surface area contributed by atoms with Gasteiger partial charge in [-0.05, 0) is 42.5 Å². The lowest BCUT2D eigenvalue weighted by Gasteiger charge is -2.07. The minimum absolute atomic E-state index is 0.185. The number of aromatic hydroxyl groups is 1. The van der Waals surface area contributed by atoms with Gasteiger partial charge in [0.15, 0.2) is 5.11 Å². The molecule has 2 aromatic carbocycles. The number of thiocarbonyl (C=S) groups is 1. The number of anilines is 1. The van der Waals surface area contributed by atoms with E-state index in [0.29, 0.717) is 11.4 Å². The summed E-state index contributed by atoms with van der Waals surface area (Å²) in [6.45, 7) is 1.36. The highest BCUT2D eigenvalue weighted by Crippen LogP contribution is 2.28. The van der Waals surface area contributed by atoms with Crippen molar-refractivity contribution >= 4 is 46.5 Å². The van der Waals surface area contributed by atoms with E-state index >= 15 is 0 Å². The van der Waals surface area contributed by atoms with Crippen LogP contribution in [0.2, 0.25) is 0 Å². The summed E-state index contributed by atoms with van der Waals surface area (Å²) >= 11 is 4.95. The smallest absolute Gasteiger partial charge is 0.311 e. The third-order valence-electron chi connectivity index (χ3n) is 3.01. The molecule has 0 aliphatic rings. The van der Waals surface area contributed by atoms with Crippen molar-refractivity contribution in [2.45, 2.75) is 6.92 Å². The number of hydrogen-bond acceptors (Lipinski definition) is 6. The summed E-state index contributed by atoms with van der Waals surface area (Å²) in [4.78, 5) is 25.2. The van der Waals surface area contributed by atoms with Crippen LogP contribution in [0, 0.1) is 10.1 Å². The zero-order chi connectivity index (χ0) is 18.4. The van der Waals surface area contributed by atoms with Crippen molar-refractivity contribution in [2.75, 3.05) is 5.32 Å². The molecule has 8 nitrogen and oxygen atoms in total. The summed E-state index contributed by atoms with van der Waals surface area (Å²) in [5.74, 6) is -0.703. The third kappa shape index (κ3) is 5.08. The van der Waals surface area contributed by atoms with E-state index in [1.165, 1.54) is 31.3 Å². The minimum atomic E-state index is -0.662. The number of nitrogens with zero attached hydrogens (tertiary/aromatic N) is 2. The first kappa shape index (κ1) is 18.0. The Hall–Kier alpha value is -3.33. The summed E-state index contributed by atoms with van der Waals surface area (Å²) in [7, 11) is 0. The van der Waals surface area contributed by atoms with Gasteiger partial charge in [0.05, 0.1) is 10.6 Å². The molecule has 1 amide bonds. The van der Waals surface area contributed by atoms with E-state index in [-0.39, 0.29) is 22.3 Å². The van der Waals surface area contributed by atoms with Gasteiger partial charge in [0.2, 0.25) is 11.7 Å². The number of hydrogen-bond donors (Lipinski definition) is 3. The SMILES string of the molecule is CC(=O)NC(=S)Nc1ccc(N=Cc2cccc([N+](=O)[O-])c2O)cc1. The molecule has 3 N–H and O–H groups in total. The molecule has 9 heteroatoms. The predicted octanol–water partition coefficient (Wildman–Crippen LogP) is 2.88. The number of nitro groups is 1. The van der Waals surface area contributed by atoms with Crippen LogP contribution in [0.3, 0.4) is 0 Å². The fourth-order valence-corrected chi connectivity index (χ4v) is 2.16. The van der Waals surface area contributed by atoms with Crippen molar-refractivity contribution in [3.05, 3.63) is 58.1 Å². The second-order valence-corrected chi connectivity index (χ2v) is 5.32. The van der Waals surface area contributed by atoms with Gasteiger partial charge in [-0.3, -0.25) is 19.9 Å². The number of amides is 1. The molecule has 2 aromatic rings. The second kappa shape index (κ2) is 7.97. The predicted molar refractivity (Wildman–Crippen MR) is 98.5 cm³/mol. The van der Waals surface area contributed by atoms with E-state index in [2.05, 4.69) is 15.6 Å². The maximum Gasteiger partial charge on any atom is 0.311 e. The fourth-order valence-electron chi connectivity index (χ4n) is 1.90. The van der Waals surface area contributed by atoms with Gasteiger partial charge in [-0.2, -0.15) is 0 Å². The van der Waals surface area contributed by atoms with Crippen LogP contribution < -0.4 is 10.6 Å². The van der Waals surface area contributed by atoms with Crippen LogP contribution in [0.5, 0.6) is 5.75 Å². The molecular weight excluding hydrogens is 344 g/mol. The van der Waals surface area contributed by atoms with Crippen LogP contribution in [-0.2, 0) is 4.79 Å². The zero-order valence-corrected chi connectivity index (χ0v) is 13.9. The molecule has 0 bridgehead atoms. The number of para-hydroxylation sites is 1. The van der Waals surface area contributed by atoms with Crippen LogP contribution in [0.25, 0.3) is 0 Å². The van der Waals surface area contributed by atoms with Crippen molar-refractivity contribution in [1.29, 1.82) is 0 Å². The topological polar surface area (TPSA) is 117 Å². The molecule has 128 valence electrons. The molecule has 0 aliphatic carbocycles. The van der Waals surface area contributed by atoms with Gasteiger partial charge in [0, 0.05) is 30.5 Å². The Kier molecular flexibility index (Phi) is 5.75. The molecule has 0 saturated carbocycles. The van der Waals surface area contributed by atoms with Crippen LogP contribution >= 0.6 is 12.2 Å². The summed E-state index contributed by atoms with van der Waals surface area (Å²) < 4.78 is 0. The van der Waals surface area contributed by atoms with E-state index in [1.807, 2.05) is 0 Å². The number of carbonyl (C=O) groups is 1. The summed E-state index contributed by atoms with van der Waals surface area (Å²) in [6.07, 6.45) is 1.34. The number of benzene rings is 2. The molecule has 2 rings (SSSR count). The fraction of sp³-hybridized carbons (Fsp3) is 0.0625. The lowest BCUT2D eigenvalue weighted by molar-refractivity contribution is -0.385. The van der Waals surface area contributed by atoms with Gasteiger partial charge >= 0.3 is 5.69 Å². The Morgan fingerprint density at radius 2 is 1.96 bits per heavy atom. The van der Waals surface area contributed by atoms with E-state index in [1.54, 1.807) is 24.3 Å². The van der Waals surface area contributed by atoms with Crippen molar-refractivity contribution in [2.24, 2.45) is 4.99 Å². The largest absolute Gasteiger partial charge is 0.502 e. The molecule has 25 heavy (non-hydrogen) atoms. The number of aliphatic imine (C=N–C) groups is 1. The van der Waals surface area contributed by atoms with Gasteiger partial charge in [0.25, 0.3) is 0 Å². The van der Waals surface area contributed by atoms with Gasteiger partial charge in [-0.15, -0.1) is 0 Å². The Balaban J connectivity index is 2.10. The van der Waals surface area contributed by atoms with Crippen molar-refractivity contribution in [1.82, 2.24) is 5.32 Å². The van der Waals surface area contributed by atoms with Gasteiger partial charge in [-0.1, -0.05) is 6.07 Å². The first-order valence-corrected chi connectivity index (χ1v) is 7.46. The number of rotatable bonds is 4. The molecule has 0 saturated heterocycles. The van der Waals surface area contributed by atoms with Crippen molar-refractivity contribution in [3.63, 3.8) is 0 Å². The highest BCUT2D eigenvalue weighted by atomic mass is 32.1. The number of carbonyl (C=O) groups excluding carboxylic acids is 1. The van der Waals surface area contributed by atoms with E-state index in [4.69, 9.17) is 12.2 Å². The first-order valence-electron chi connectivity index (χ1n) is 7.06. The quantitative estimate of drug-likeness (QED) is 0.335. The van der Waals surface area contributed by atoms with Gasteiger partial charge in [-0.25, -0.2) is 0 Å². The van der Waals surface area contributed by atoms with Crippen LogP contribution in [0.15, 0.2) is 47.5 Å². The van der Waals surface area contributed by atoms with Crippen LogP contribution in [-0.4, -0.2) is 27.3 Å². The normalized spacial score (nSPS) is 10.4. The number of nitrogens with one attached hydrogen (secondary N) is 2. The maximum absolute atomic E-state index is 10.9. The molecule has 0 spiro atoms. The van der Waals surface area contributed by atoms with Crippen molar-refractivity contribution < 1.29 is 14.8 Å².